The van der Waals surface area contributed by atoms with Gasteiger partial charge in [0.05, 0.1) is 5.60 Å². The molecule has 0 bridgehead atoms. The van der Waals surface area contributed by atoms with Crippen LogP contribution in [0.4, 0.5) is 0 Å². The summed E-state index contributed by atoms with van der Waals surface area (Å²) >= 11 is 0. The van der Waals surface area contributed by atoms with E-state index in [1.54, 1.807) is 0 Å². The molecule has 0 N–H and O–H groups in total. The molecule has 0 radical (unpaired) electrons. The normalized spacial score (nSPS) is 15.8. The highest BCUT2D eigenvalue weighted by Gasteiger charge is 2.42. The van der Waals surface area contributed by atoms with Gasteiger partial charge in [0.25, 0.3) is 0 Å². The third-order valence-corrected chi connectivity index (χ3v) is 5.22. The minimum atomic E-state index is -0.233. The van der Waals surface area contributed by atoms with Gasteiger partial charge in [-0.1, -0.05) is 81.4 Å². The van der Waals surface area contributed by atoms with Crippen LogP contribution in [-0.4, -0.2) is 10.5 Å². The molecule has 2 aromatic carbocycles. The predicted molar refractivity (Wildman–Crippen MR) is 93.5 cm³/mol. The van der Waals surface area contributed by atoms with E-state index in [1.165, 1.54) is 11.1 Å². The number of rotatable bonds is 6. The molecule has 2 unspecified atom stereocenters. The summed E-state index contributed by atoms with van der Waals surface area (Å²) < 4.78 is 6.33. The van der Waals surface area contributed by atoms with E-state index < -0.39 is 0 Å². The Kier molecular flexibility index (Phi) is 5.37. The zero-order chi connectivity index (χ0) is 15.3. The molecule has 2 aromatic rings. The predicted octanol–water partition coefficient (Wildman–Crippen LogP) is 4.03. The van der Waals surface area contributed by atoms with Gasteiger partial charge in [0, 0.05) is 5.92 Å². The zero-order valence-corrected chi connectivity index (χ0v) is 15.5. The summed E-state index contributed by atoms with van der Waals surface area (Å²) in [6, 6.07) is 21.5. The summed E-state index contributed by atoms with van der Waals surface area (Å²) in [5.74, 6) is 0.793. The molecule has 0 saturated carbocycles. The smallest absolute Gasteiger partial charge is 0.147 e. The lowest BCUT2D eigenvalue weighted by molar-refractivity contribution is -0.00462. The Hall–Kier alpha value is -1.38. The lowest BCUT2D eigenvalue weighted by Gasteiger charge is -2.44. The van der Waals surface area contributed by atoms with Crippen LogP contribution in [0, 0.1) is 5.92 Å². The third kappa shape index (κ3) is 2.97. The molecule has 112 valence electrons. The van der Waals surface area contributed by atoms with Gasteiger partial charge in [0.15, 0.2) is 0 Å². The fourth-order valence-electron chi connectivity index (χ4n) is 3.60. The summed E-state index contributed by atoms with van der Waals surface area (Å²) in [6.45, 7) is 6.81. The minimum absolute atomic E-state index is 0.233. The van der Waals surface area contributed by atoms with E-state index in [2.05, 4.69) is 81.4 Å². The topological polar surface area (TPSA) is 9.23 Å². The molecule has 0 fully saturated rings. The molecule has 0 aliphatic rings. The van der Waals surface area contributed by atoms with Gasteiger partial charge < -0.3 is 4.43 Å². The molecular weight excluding hydrogens is 272 g/mol. The van der Waals surface area contributed by atoms with Crippen molar-refractivity contribution in [3.05, 3.63) is 71.8 Å². The quantitative estimate of drug-likeness (QED) is 0.732. The largest absolute Gasteiger partial charge is 0.418 e. The highest BCUT2D eigenvalue weighted by Crippen LogP contribution is 2.46. The van der Waals surface area contributed by atoms with Crippen molar-refractivity contribution in [1.29, 1.82) is 0 Å². The van der Waals surface area contributed by atoms with Crippen LogP contribution in [0.5, 0.6) is 0 Å². The first-order valence-electron chi connectivity index (χ1n) is 7.82. The van der Waals surface area contributed by atoms with Crippen molar-refractivity contribution >= 4 is 10.5 Å². The molecule has 0 aliphatic heterocycles. The average Bonchev–Trinajstić information content (AvgIpc) is 2.54. The molecular formula is C19H26OSi. The summed E-state index contributed by atoms with van der Waals surface area (Å²) in [5.41, 5.74) is 2.43. The van der Waals surface area contributed by atoms with Crippen molar-refractivity contribution in [3.8, 4) is 0 Å². The first-order valence-corrected chi connectivity index (χ1v) is 8.64. The number of hydrogen-bond donors (Lipinski definition) is 0. The summed E-state index contributed by atoms with van der Waals surface area (Å²) in [5, 5.41) is 0. The molecule has 0 amide bonds. The standard InChI is InChI=1S/C19H26OSi/c1-4-18(16-11-7-5-8-12-16)19(20-21,15(2)3)17-13-9-6-10-14-17/h5-15,18H,4H2,1-3,21H3. The van der Waals surface area contributed by atoms with Gasteiger partial charge in [-0.15, -0.1) is 0 Å². The van der Waals surface area contributed by atoms with Gasteiger partial charge >= 0.3 is 0 Å². The molecule has 2 rings (SSSR count). The van der Waals surface area contributed by atoms with Gasteiger partial charge in [-0.2, -0.15) is 0 Å². The molecule has 0 heterocycles. The van der Waals surface area contributed by atoms with Crippen LogP contribution in [0.3, 0.4) is 0 Å². The van der Waals surface area contributed by atoms with E-state index in [0.29, 0.717) is 11.8 Å². The maximum Gasteiger partial charge on any atom is 0.147 e. The Balaban J connectivity index is 2.59. The second-order valence-electron chi connectivity index (χ2n) is 5.89. The van der Waals surface area contributed by atoms with Crippen molar-refractivity contribution in [2.75, 3.05) is 0 Å². The molecule has 0 saturated heterocycles. The van der Waals surface area contributed by atoms with Crippen LogP contribution < -0.4 is 0 Å². The Morgan fingerprint density at radius 3 is 1.90 bits per heavy atom. The van der Waals surface area contributed by atoms with Crippen LogP contribution in [0.2, 0.25) is 0 Å². The van der Waals surface area contributed by atoms with Crippen molar-refractivity contribution in [2.45, 2.75) is 38.7 Å². The second-order valence-corrected chi connectivity index (χ2v) is 6.30. The number of benzene rings is 2. The van der Waals surface area contributed by atoms with Crippen LogP contribution in [0.25, 0.3) is 0 Å². The summed E-state index contributed by atoms with van der Waals surface area (Å²) in [4.78, 5) is 0. The molecule has 0 aliphatic carbocycles. The van der Waals surface area contributed by atoms with Crippen LogP contribution in [0.15, 0.2) is 60.7 Å². The molecule has 1 nitrogen and oxygen atoms in total. The number of hydrogen-bond acceptors (Lipinski definition) is 1. The lowest BCUT2D eigenvalue weighted by atomic mass is 9.70. The first kappa shape index (κ1) is 16.0. The van der Waals surface area contributed by atoms with E-state index >= 15 is 0 Å². The Bertz CT molecular complexity index is 538. The minimum Gasteiger partial charge on any atom is -0.418 e. The van der Waals surface area contributed by atoms with E-state index in [0.717, 1.165) is 16.9 Å². The van der Waals surface area contributed by atoms with Crippen LogP contribution in [-0.2, 0) is 10.0 Å². The van der Waals surface area contributed by atoms with Gasteiger partial charge in [0.1, 0.15) is 10.5 Å². The Morgan fingerprint density at radius 2 is 1.48 bits per heavy atom. The Morgan fingerprint density at radius 1 is 0.952 bits per heavy atom. The van der Waals surface area contributed by atoms with Crippen molar-refractivity contribution < 1.29 is 4.43 Å². The molecule has 0 spiro atoms. The fraction of sp³-hybridized carbons (Fsp3) is 0.368. The second kappa shape index (κ2) is 7.06. The average molecular weight is 299 g/mol. The molecule has 21 heavy (non-hydrogen) atoms. The van der Waals surface area contributed by atoms with Crippen LogP contribution in [0.1, 0.15) is 44.2 Å². The van der Waals surface area contributed by atoms with Crippen molar-refractivity contribution in [3.63, 3.8) is 0 Å². The third-order valence-electron chi connectivity index (χ3n) is 4.55. The van der Waals surface area contributed by atoms with E-state index in [9.17, 15) is 0 Å². The zero-order valence-electron chi connectivity index (χ0n) is 13.5. The monoisotopic (exact) mass is 298 g/mol. The molecule has 2 heteroatoms. The molecule has 0 aromatic heterocycles. The molecule has 2 atom stereocenters. The van der Waals surface area contributed by atoms with E-state index in [1.807, 2.05) is 0 Å². The Labute approximate surface area is 131 Å². The van der Waals surface area contributed by atoms with E-state index in [4.69, 9.17) is 4.43 Å². The van der Waals surface area contributed by atoms with Crippen molar-refractivity contribution in [2.24, 2.45) is 5.92 Å². The summed E-state index contributed by atoms with van der Waals surface area (Å²) in [7, 11) is 0.732. The van der Waals surface area contributed by atoms with Gasteiger partial charge in [0.2, 0.25) is 0 Å². The highest BCUT2D eigenvalue weighted by molar-refractivity contribution is 5.98. The highest BCUT2D eigenvalue weighted by atomic mass is 28.2. The summed E-state index contributed by atoms with van der Waals surface area (Å²) in [6.07, 6.45) is 1.07. The van der Waals surface area contributed by atoms with Gasteiger partial charge in [-0.3, -0.25) is 0 Å². The van der Waals surface area contributed by atoms with Gasteiger partial charge in [-0.25, -0.2) is 0 Å². The van der Waals surface area contributed by atoms with Gasteiger partial charge in [-0.05, 0) is 23.5 Å². The fourth-order valence-corrected chi connectivity index (χ4v) is 4.59. The lowest BCUT2D eigenvalue weighted by Crippen LogP contribution is -2.41. The maximum atomic E-state index is 6.33. The maximum absolute atomic E-state index is 6.33. The van der Waals surface area contributed by atoms with E-state index in [-0.39, 0.29) is 5.60 Å². The first-order chi connectivity index (χ1) is 10.2. The van der Waals surface area contributed by atoms with Crippen LogP contribution >= 0.6 is 0 Å². The SMILES string of the molecule is CCC(c1ccccc1)C(O[SiH3])(c1ccccc1)C(C)C. The van der Waals surface area contributed by atoms with Crippen molar-refractivity contribution in [1.82, 2.24) is 0 Å².